The van der Waals surface area contributed by atoms with Gasteiger partial charge in [0.05, 0.1) is 6.42 Å². The minimum atomic E-state index is -0.989. The lowest BCUT2D eigenvalue weighted by Crippen LogP contribution is -2.46. The fraction of sp³-hybridized carbons (Fsp3) is 0.467. The van der Waals surface area contributed by atoms with Gasteiger partial charge < -0.3 is 15.7 Å². The van der Waals surface area contributed by atoms with E-state index in [0.29, 0.717) is 11.3 Å². The standard InChI is InChI=1S/C15H21FN2O3/c1-9-5-6-10(7-11(9)16)17-14(21)18-12(8-13(19)20)15(2,3)4/h5-7,12H,8H2,1-4H3,(H,19,20)(H2,17,18,21). The van der Waals surface area contributed by atoms with E-state index < -0.39 is 29.3 Å². The van der Waals surface area contributed by atoms with Crippen molar-refractivity contribution in [3.63, 3.8) is 0 Å². The molecule has 0 saturated carbocycles. The molecule has 116 valence electrons. The molecule has 1 unspecified atom stereocenters. The van der Waals surface area contributed by atoms with Crippen molar-refractivity contribution in [3.05, 3.63) is 29.6 Å². The minimum absolute atomic E-state index is 0.181. The van der Waals surface area contributed by atoms with Crippen LogP contribution in [0.25, 0.3) is 0 Å². The molecule has 1 atom stereocenters. The van der Waals surface area contributed by atoms with Crippen LogP contribution in [0.4, 0.5) is 14.9 Å². The quantitative estimate of drug-likeness (QED) is 0.798. The van der Waals surface area contributed by atoms with E-state index in [2.05, 4.69) is 10.6 Å². The Bertz CT molecular complexity index is 538. The number of urea groups is 1. The third kappa shape index (κ3) is 5.41. The first kappa shape index (κ1) is 16.9. The number of aryl methyl sites for hydroxylation is 1. The summed E-state index contributed by atoms with van der Waals surface area (Å²) in [6, 6.07) is 3.27. The summed E-state index contributed by atoms with van der Waals surface area (Å²) >= 11 is 0. The van der Waals surface area contributed by atoms with Gasteiger partial charge in [0.25, 0.3) is 0 Å². The molecule has 0 aromatic heterocycles. The van der Waals surface area contributed by atoms with Gasteiger partial charge in [-0.05, 0) is 30.0 Å². The highest BCUT2D eigenvalue weighted by atomic mass is 19.1. The van der Waals surface area contributed by atoms with Crippen LogP contribution in [-0.2, 0) is 4.79 Å². The van der Waals surface area contributed by atoms with Crippen LogP contribution in [-0.4, -0.2) is 23.1 Å². The maximum absolute atomic E-state index is 13.4. The summed E-state index contributed by atoms with van der Waals surface area (Å²) in [4.78, 5) is 22.8. The van der Waals surface area contributed by atoms with Crippen LogP contribution in [0.15, 0.2) is 18.2 Å². The third-order valence-electron chi connectivity index (χ3n) is 3.16. The van der Waals surface area contributed by atoms with Gasteiger partial charge in [-0.1, -0.05) is 26.8 Å². The fourth-order valence-corrected chi connectivity index (χ4v) is 1.74. The van der Waals surface area contributed by atoms with Crippen molar-refractivity contribution < 1.29 is 19.1 Å². The summed E-state index contributed by atoms with van der Waals surface area (Å²) in [7, 11) is 0. The van der Waals surface area contributed by atoms with E-state index in [1.165, 1.54) is 6.07 Å². The Kier molecular flexibility index (Phi) is 5.29. The van der Waals surface area contributed by atoms with Gasteiger partial charge in [-0.3, -0.25) is 4.79 Å². The number of hydrogen-bond donors (Lipinski definition) is 3. The van der Waals surface area contributed by atoms with E-state index in [1.807, 2.05) is 20.8 Å². The number of carboxylic acid groups (broad SMARTS) is 1. The largest absolute Gasteiger partial charge is 0.481 e. The molecular weight excluding hydrogens is 275 g/mol. The van der Waals surface area contributed by atoms with Crippen molar-refractivity contribution in [2.24, 2.45) is 5.41 Å². The Morgan fingerprint density at radius 3 is 2.43 bits per heavy atom. The molecule has 1 aromatic rings. The van der Waals surface area contributed by atoms with E-state index in [1.54, 1.807) is 19.1 Å². The number of carbonyl (C=O) groups is 2. The molecular formula is C15H21FN2O3. The smallest absolute Gasteiger partial charge is 0.319 e. The Hall–Kier alpha value is -2.11. The zero-order valence-electron chi connectivity index (χ0n) is 12.7. The van der Waals surface area contributed by atoms with Crippen LogP contribution in [0.1, 0.15) is 32.8 Å². The first-order valence-electron chi connectivity index (χ1n) is 6.65. The molecule has 0 aliphatic heterocycles. The SMILES string of the molecule is Cc1ccc(NC(=O)NC(CC(=O)O)C(C)(C)C)cc1F. The van der Waals surface area contributed by atoms with Crippen molar-refractivity contribution in [3.8, 4) is 0 Å². The number of halogens is 1. The first-order chi connectivity index (χ1) is 9.59. The monoisotopic (exact) mass is 296 g/mol. The maximum Gasteiger partial charge on any atom is 0.319 e. The molecule has 0 bridgehead atoms. The van der Waals surface area contributed by atoms with Gasteiger partial charge in [0.1, 0.15) is 5.82 Å². The molecule has 0 radical (unpaired) electrons. The number of rotatable bonds is 4. The van der Waals surface area contributed by atoms with Crippen LogP contribution in [0, 0.1) is 18.2 Å². The van der Waals surface area contributed by atoms with Crippen LogP contribution in [0.2, 0.25) is 0 Å². The number of carboxylic acids is 1. The van der Waals surface area contributed by atoms with Gasteiger partial charge >= 0.3 is 12.0 Å². The van der Waals surface area contributed by atoms with Gasteiger partial charge in [0.2, 0.25) is 0 Å². The van der Waals surface area contributed by atoms with E-state index in [-0.39, 0.29) is 6.42 Å². The molecule has 0 spiro atoms. The predicted molar refractivity (Wildman–Crippen MR) is 78.8 cm³/mol. The molecule has 0 aliphatic carbocycles. The number of carbonyl (C=O) groups excluding carboxylic acids is 1. The third-order valence-corrected chi connectivity index (χ3v) is 3.16. The van der Waals surface area contributed by atoms with E-state index in [0.717, 1.165) is 0 Å². The lowest BCUT2D eigenvalue weighted by molar-refractivity contribution is -0.138. The number of amides is 2. The number of anilines is 1. The fourth-order valence-electron chi connectivity index (χ4n) is 1.74. The Labute approximate surface area is 123 Å². The van der Waals surface area contributed by atoms with Crippen molar-refractivity contribution in [2.75, 3.05) is 5.32 Å². The second kappa shape index (κ2) is 6.56. The first-order valence-corrected chi connectivity index (χ1v) is 6.65. The van der Waals surface area contributed by atoms with Crippen LogP contribution >= 0.6 is 0 Å². The molecule has 1 aromatic carbocycles. The predicted octanol–water partition coefficient (Wildman–Crippen LogP) is 3.15. The molecule has 6 heteroatoms. The summed E-state index contributed by atoms with van der Waals surface area (Å²) in [5.74, 6) is -1.40. The zero-order chi connectivity index (χ0) is 16.2. The molecule has 1 rings (SSSR count). The zero-order valence-corrected chi connectivity index (χ0v) is 12.7. The number of aliphatic carboxylic acids is 1. The van der Waals surface area contributed by atoms with Crippen molar-refractivity contribution >= 4 is 17.7 Å². The lowest BCUT2D eigenvalue weighted by Gasteiger charge is -2.30. The Morgan fingerprint density at radius 2 is 1.95 bits per heavy atom. The van der Waals surface area contributed by atoms with Crippen molar-refractivity contribution in [2.45, 2.75) is 40.2 Å². The highest BCUT2D eigenvalue weighted by Crippen LogP contribution is 2.22. The van der Waals surface area contributed by atoms with Crippen LogP contribution in [0.3, 0.4) is 0 Å². The van der Waals surface area contributed by atoms with E-state index >= 15 is 0 Å². The molecule has 0 heterocycles. The van der Waals surface area contributed by atoms with Gasteiger partial charge in [-0.25, -0.2) is 9.18 Å². The summed E-state index contributed by atoms with van der Waals surface area (Å²) in [6.45, 7) is 7.15. The average Bonchev–Trinajstić information content (AvgIpc) is 2.31. The van der Waals surface area contributed by atoms with Crippen molar-refractivity contribution in [1.29, 1.82) is 0 Å². The lowest BCUT2D eigenvalue weighted by atomic mass is 9.85. The normalized spacial score (nSPS) is 12.6. The molecule has 21 heavy (non-hydrogen) atoms. The molecule has 5 nitrogen and oxygen atoms in total. The summed E-state index contributed by atoms with van der Waals surface area (Å²) in [5, 5.41) is 14.0. The van der Waals surface area contributed by atoms with Gasteiger partial charge in [0.15, 0.2) is 0 Å². The van der Waals surface area contributed by atoms with Gasteiger partial charge in [0, 0.05) is 11.7 Å². The van der Waals surface area contributed by atoms with Crippen LogP contribution < -0.4 is 10.6 Å². The van der Waals surface area contributed by atoms with E-state index in [4.69, 9.17) is 5.11 Å². The molecule has 2 amide bonds. The number of benzene rings is 1. The second-order valence-electron chi connectivity index (χ2n) is 6.08. The number of hydrogen-bond acceptors (Lipinski definition) is 2. The molecule has 0 saturated heterocycles. The van der Waals surface area contributed by atoms with E-state index in [9.17, 15) is 14.0 Å². The van der Waals surface area contributed by atoms with Gasteiger partial charge in [-0.15, -0.1) is 0 Å². The summed E-state index contributed by atoms with van der Waals surface area (Å²) < 4.78 is 13.4. The highest BCUT2D eigenvalue weighted by Gasteiger charge is 2.28. The van der Waals surface area contributed by atoms with Gasteiger partial charge in [-0.2, -0.15) is 0 Å². The average molecular weight is 296 g/mol. The highest BCUT2D eigenvalue weighted by molar-refractivity contribution is 5.89. The topological polar surface area (TPSA) is 78.4 Å². The van der Waals surface area contributed by atoms with Crippen LogP contribution in [0.5, 0.6) is 0 Å². The second-order valence-corrected chi connectivity index (χ2v) is 6.08. The molecule has 0 aliphatic rings. The summed E-state index contributed by atoms with van der Waals surface area (Å²) in [6.07, 6.45) is -0.181. The minimum Gasteiger partial charge on any atom is -0.481 e. The maximum atomic E-state index is 13.4. The Morgan fingerprint density at radius 1 is 1.33 bits per heavy atom. The molecule has 3 N–H and O–H groups in total. The number of nitrogens with one attached hydrogen (secondary N) is 2. The summed E-state index contributed by atoms with van der Waals surface area (Å²) in [5.41, 5.74) is 0.395. The Balaban J connectivity index is 2.73. The molecule has 0 fully saturated rings. The van der Waals surface area contributed by atoms with Crippen molar-refractivity contribution in [1.82, 2.24) is 5.32 Å².